The minimum absolute atomic E-state index is 0.155. The highest BCUT2D eigenvalue weighted by molar-refractivity contribution is 7.89. The lowest BCUT2D eigenvalue weighted by Gasteiger charge is -2.13. The van der Waals surface area contributed by atoms with Crippen molar-refractivity contribution in [3.8, 4) is 0 Å². The Labute approximate surface area is 125 Å². The molecule has 1 rings (SSSR count). The van der Waals surface area contributed by atoms with Crippen LogP contribution in [0.25, 0.3) is 0 Å². The van der Waals surface area contributed by atoms with Crippen LogP contribution < -0.4 is 10.0 Å². The molecule has 0 aliphatic rings. The highest BCUT2D eigenvalue weighted by atomic mass is 32.2. The van der Waals surface area contributed by atoms with Crippen LogP contribution in [0.15, 0.2) is 29.2 Å². The van der Waals surface area contributed by atoms with Crippen molar-refractivity contribution in [2.75, 3.05) is 18.4 Å². The zero-order valence-corrected chi connectivity index (χ0v) is 13.1. The third kappa shape index (κ3) is 6.14. The largest absolute Gasteiger partial charge is 0.481 e. The third-order valence-corrected chi connectivity index (χ3v) is 4.57. The van der Waals surface area contributed by atoms with Crippen molar-refractivity contribution in [2.45, 2.75) is 31.6 Å². The number of carboxylic acids is 1. The average molecular weight is 314 g/mol. The number of benzene rings is 1. The first-order valence-corrected chi connectivity index (χ1v) is 8.39. The van der Waals surface area contributed by atoms with E-state index in [1.807, 2.05) is 6.92 Å². The SMILES string of the molecule is CCNS(=O)(=O)c1ccc(NCC(C)CCC(=O)O)cc1. The summed E-state index contributed by atoms with van der Waals surface area (Å²) in [7, 11) is -3.42. The number of rotatable bonds is 9. The molecule has 0 heterocycles. The second-order valence-corrected chi connectivity index (χ2v) is 6.71. The molecule has 0 aliphatic carbocycles. The predicted molar refractivity (Wildman–Crippen MR) is 81.8 cm³/mol. The van der Waals surface area contributed by atoms with Crippen LogP contribution in [0.1, 0.15) is 26.7 Å². The minimum Gasteiger partial charge on any atom is -0.481 e. The van der Waals surface area contributed by atoms with Crippen molar-refractivity contribution in [3.05, 3.63) is 24.3 Å². The molecule has 0 radical (unpaired) electrons. The Hall–Kier alpha value is -1.60. The molecule has 0 spiro atoms. The molecule has 1 aromatic carbocycles. The van der Waals surface area contributed by atoms with Gasteiger partial charge in [-0.2, -0.15) is 0 Å². The summed E-state index contributed by atoms with van der Waals surface area (Å²) in [6.45, 7) is 4.70. The fourth-order valence-electron chi connectivity index (χ4n) is 1.79. The smallest absolute Gasteiger partial charge is 0.303 e. The summed E-state index contributed by atoms with van der Waals surface area (Å²) >= 11 is 0. The van der Waals surface area contributed by atoms with E-state index in [2.05, 4.69) is 10.0 Å². The molecule has 0 aromatic heterocycles. The van der Waals surface area contributed by atoms with Crippen LogP contribution in [-0.2, 0) is 14.8 Å². The van der Waals surface area contributed by atoms with E-state index in [-0.39, 0.29) is 17.2 Å². The van der Waals surface area contributed by atoms with Crippen molar-refractivity contribution in [1.82, 2.24) is 4.72 Å². The van der Waals surface area contributed by atoms with Gasteiger partial charge in [0.15, 0.2) is 0 Å². The fourth-order valence-corrected chi connectivity index (χ4v) is 2.83. The molecule has 0 fully saturated rings. The van der Waals surface area contributed by atoms with E-state index in [1.54, 1.807) is 31.2 Å². The maximum absolute atomic E-state index is 11.8. The van der Waals surface area contributed by atoms with Crippen molar-refractivity contribution < 1.29 is 18.3 Å². The molecule has 6 nitrogen and oxygen atoms in total. The van der Waals surface area contributed by atoms with Crippen LogP contribution in [0.2, 0.25) is 0 Å². The minimum atomic E-state index is -3.42. The number of carbonyl (C=O) groups is 1. The first kappa shape index (κ1) is 17.5. The van der Waals surface area contributed by atoms with Gasteiger partial charge in [0.2, 0.25) is 10.0 Å². The molecule has 7 heteroatoms. The molecule has 0 saturated carbocycles. The van der Waals surface area contributed by atoms with Crippen molar-refractivity contribution in [3.63, 3.8) is 0 Å². The molecule has 118 valence electrons. The van der Waals surface area contributed by atoms with Gasteiger partial charge in [0.25, 0.3) is 0 Å². The molecule has 21 heavy (non-hydrogen) atoms. The molecule has 1 aromatic rings. The lowest BCUT2D eigenvalue weighted by molar-refractivity contribution is -0.137. The van der Waals surface area contributed by atoms with Gasteiger partial charge >= 0.3 is 5.97 Å². The van der Waals surface area contributed by atoms with Gasteiger partial charge in [-0.05, 0) is 36.6 Å². The summed E-state index contributed by atoms with van der Waals surface area (Å²) in [6, 6.07) is 6.49. The lowest BCUT2D eigenvalue weighted by atomic mass is 10.1. The molecule has 0 saturated heterocycles. The maximum Gasteiger partial charge on any atom is 0.303 e. The molecule has 1 unspecified atom stereocenters. The van der Waals surface area contributed by atoms with E-state index < -0.39 is 16.0 Å². The van der Waals surface area contributed by atoms with Gasteiger partial charge in [-0.25, -0.2) is 13.1 Å². The van der Waals surface area contributed by atoms with Crippen molar-refractivity contribution >= 4 is 21.7 Å². The van der Waals surface area contributed by atoms with Gasteiger partial charge in [0.1, 0.15) is 0 Å². The summed E-state index contributed by atoms with van der Waals surface area (Å²) in [4.78, 5) is 10.7. The van der Waals surface area contributed by atoms with E-state index in [4.69, 9.17) is 5.11 Å². The van der Waals surface area contributed by atoms with E-state index in [0.29, 0.717) is 19.5 Å². The van der Waals surface area contributed by atoms with Gasteiger partial charge < -0.3 is 10.4 Å². The normalized spacial score (nSPS) is 12.9. The summed E-state index contributed by atoms with van der Waals surface area (Å²) in [6.07, 6.45) is 0.762. The standard InChI is InChI=1S/C14H22N2O4S/c1-3-16-21(19,20)13-7-5-12(6-8-13)15-10-11(2)4-9-14(17)18/h5-8,11,15-16H,3-4,9-10H2,1-2H3,(H,17,18). The third-order valence-electron chi connectivity index (χ3n) is 3.00. The summed E-state index contributed by atoms with van der Waals surface area (Å²) in [5, 5.41) is 11.8. The Morgan fingerprint density at radius 2 is 1.90 bits per heavy atom. The van der Waals surface area contributed by atoms with Crippen LogP contribution in [0.3, 0.4) is 0 Å². The Morgan fingerprint density at radius 1 is 1.29 bits per heavy atom. The van der Waals surface area contributed by atoms with Crippen LogP contribution in [0.5, 0.6) is 0 Å². The Balaban J connectivity index is 2.53. The number of nitrogens with one attached hydrogen (secondary N) is 2. The Morgan fingerprint density at radius 3 is 2.43 bits per heavy atom. The molecule has 1 atom stereocenters. The summed E-state index contributed by atoms with van der Waals surface area (Å²) in [5.74, 6) is -0.564. The molecular weight excluding hydrogens is 292 g/mol. The first-order chi connectivity index (χ1) is 9.85. The highest BCUT2D eigenvalue weighted by Gasteiger charge is 2.12. The molecular formula is C14H22N2O4S. The molecule has 0 amide bonds. The number of hydrogen-bond donors (Lipinski definition) is 3. The Kier molecular flexibility index (Phi) is 6.64. The van der Waals surface area contributed by atoms with Gasteiger partial charge in [0.05, 0.1) is 4.90 Å². The van der Waals surface area contributed by atoms with Crippen LogP contribution >= 0.6 is 0 Å². The van der Waals surface area contributed by atoms with Gasteiger partial charge in [-0.15, -0.1) is 0 Å². The maximum atomic E-state index is 11.8. The number of aliphatic carboxylic acids is 1. The second kappa shape index (κ2) is 7.99. The molecule has 0 aliphatic heterocycles. The predicted octanol–water partition coefficient (Wildman–Crippen LogP) is 1.90. The van der Waals surface area contributed by atoms with Crippen molar-refractivity contribution in [1.29, 1.82) is 0 Å². The van der Waals surface area contributed by atoms with E-state index >= 15 is 0 Å². The second-order valence-electron chi connectivity index (χ2n) is 4.94. The zero-order valence-electron chi connectivity index (χ0n) is 12.3. The van der Waals surface area contributed by atoms with Gasteiger partial charge in [-0.1, -0.05) is 13.8 Å². The number of carboxylic acid groups (broad SMARTS) is 1. The van der Waals surface area contributed by atoms with E-state index in [9.17, 15) is 13.2 Å². The monoisotopic (exact) mass is 314 g/mol. The number of hydrogen-bond acceptors (Lipinski definition) is 4. The van der Waals surface area contributed by atoms with E-state index in [0.717, 1.165) is 5.69 Å². The topological polar surface area (TPSA) is 95.5 Å². The Bertz CT molecular complexity index is 555. The van der Waals surface area contributed by atoms with Crippen LogP contribution in [-0.4, -0.2) is 32.6 Å². The van der Waals surface area contributed by atoms with E-state index in [1.165, 1.54) is 0 Å². The highest BCUT2D eigenvalue weighted by Crippen LogP contribution is 2.15. The quantitative estimate of drug-likeness (QED) is 0.647. The number of sulfonamides is 1. The van der Waals surface area contributed by atoms with Crippen LogP contribution in [0.4, 0.5) is 5.69 Å². The average Bonchev–Trinajstić information content (AvgIpc) is 2.43. The fraction of sp³-hybridized carbons (Fsp3) is 0.500. The van der Waals surface area contributed by atoms with Gasteiger partial charge in [-0.3, -0.25) is 4.79 Å². The lowest BCUT2D eigenvalue weighted by Crippen LogP contribution is -2.23. The van der Waals surface area contributed by atoms with Gasteiger partial charge in [0, 0.05) is 25.2 Å². The first-order valence-electron chi connectivity index (χ1n) is 6.90. The zero-order chi connectivity index (χ0) is 15.9. The summed E-state index contributed by atoms with van der Waals surface area (Å²) < 4.78 is 26.0. The molecule has 3 N–H and O–H groups in total. The summed E-state index contributed by atoms with van der Waals surface area (Å²) in [5.41, 5.74) is 0.813. The van der Waals surface area contributed by atoms with Crippen LogP contribution in [0, 0.1) is 5.92 Å². The molecule has 0 bridgehead atoms. The van der Waals surface area contributed by atoms with Crippen molar-refractivity contribution in [2.24, 2.45) is 5.92 Å². The number of anilines is 1.